The van der Waals surface area contributed by atoms with Crippen LogP contribution in [0.25, 0.3) is 0 Å². The van der Waals surface area contributed by atoms with Crippen LogP contribution in [0.1, 0.15) is 55.0 Å². The summed E-state index contributed by atoms with van der Waals surface area (Å²) in [4.78, 5) is 11.3. The lowest BCUT2D eigenvalue weighted by Crippen LogP contribution is -2.32. The Bertz CT molecular complexity index is 1040. The van der Waals surface area contributed by atoms with Crippen LogP contribution in [0, 0.1) is 22.8 Å². The zero-order valence-corrected chi connectivity index (χ0v) is 17.8. The van der Waals surface area contributed by atoms with Crippen molar-refractivity contribution >= 4 is 23.3 Å². The second-order valence-electron chi connectivity index (χ2n) is 7.37. The number of nitrogens with two attached hydrogens (primary N) is 2. The van der Waals surface area contributed by atoms with E-state index in [1.165, 1.54) is 18.4 Å². The number of unbranched alkanes of at least 4 members (excludes halogenated alkanes) is 1. The molecule has 2 heterocycles. The quantitative estimate of drug-likeness (QED) is 0.396. The topological polar surface area (TPSA) is 152 Å². The monoisotopic (exact) mass is 417 g/mol. The Morgan fingerprint density at radius 3 is 2.55 bits per heavy atom. The minimum absolute atomic E-state index is 0.0327. The molecular formula is C22H27N9. The molecule has 2 aromatic rings. The summed E-state index contributed by atoms with van der Waals surface area (Å²) in [7, 11) is 0. The first-order valence-corrected chi connectivity index (χ1v) is 10.3. The van der Waals surface area contributed by atoms with Gasteiger partial charge in [0.1, 0.15) is 29.3 Å². The van der Waals surface area contributed by atoms with Crippen molar-refractivity contribution in [1.29, 1.82) is 10.5 Å². The lowest BCUT2D eigenvalue weighted by molar-refractivity contribution is 0.275. The molecule has 0 saturated carbocycles. The third-order valence-corrected chi connectivity index (χ3v) is 5.33. The summed E-state index contributed by atoms with van der Waals surface area (Å²) in [5, 5.41) is 23.9. The Hall–Kier alpha value is -3.82. The number of nitrogens with one attached hydrogen (secondary N) is 2. The highest BCUT2D eigenvalue weighted by atomic mass is 15.2. The molecule has 0 aliphatic carbocycles. The van der Waals surface area contributed by atoms with E-state index in [-0.39, 0.29) is 23.0 Å². The van der Waals surface area contributed by atoms with Gasteiger partial charge in [0.2, 0.25) is 5.96 Å². The molecule has 0 saturated heterocycles. The molecule has 160 valence electrons. The molecule has 1 aliphatic rings. The number of nitriles is 2. The lowest BCUT2D eigenvalue weighted by atomic mass is 9.94. The zero-order chi connectivity index (χ0) is 22.4. The molecule has 0 amide bonds. The Morgan fingerprint density at radius 2 is 1.94 bits per heavy atom. The van der Waals surface area contributed by atoms with E-state index in [1.54, 1.807) is 0 Å². The SMILES string of the molecule is CCCCN(CC)Cc1ccc(C2N=C(NC#N)Nc3nc(N)c(C#N)c(N)c32)cc1. The summed E-state index contributed by atoms with van der Waals surface area (Å²) in [6.07, 6.45) is 4.21. The standard InChI is InChI=1S/C22H27N9/c1-3-5-10-31(4-2)12-14-6-8-15(9-7-14)19-17-18(25)16(11-23)20(26)29-21(17)30-22(28-19)27-13-24/h6-9,19H,3-5,10,12H2,1-2H3,(H6,25,26,27,28,29,30). The van der Waals surface area contributed by atoms with Crippen LogP contribution >= 0.6 is 0 Å². The average molecular weight is 418 g/mol. The number of aliphatic imine (C=N–C) groups is 1. The molecule has 1 atom stereocenters. The van der Waals surface area contributed by atoms with Gasteiger partial charge in [0, 0.05) is 12.1 Å². The molecule has 1 aromatic heterocycles. The maximum absolute atomic E-state index is 9.43. The van der Waals surface area contributed by atoms with Crippen molar-refractivity contribution in [3.63, 3.8) is 0 Å². The molecule has 0 fully saturated rings. The van der Waals surface area contributed by atoms with E-state index < -0.39 is 6.04 Å². The molecule has 0 spiro atoms. The van der Waals surface area contributed by atoms with Crippen molar-refractivity contribution in [3.05, 3.63) is 46.5 Å². The fourth-order valence-corrected chi connectivity index (χ4v) is 3.62. The van der Waals surface area contributed by atoms with Crippen LogP contribution in [0.2, 0.25) is 0 Å². The Morgan fingerprint density at radius 1 is 1.19 bits per heavy atom. The molecule has 9 nitrogen and oxygen atoms in total. The Balaban J connectivity index is 1.96. The van der Waals surface area contributed by atoms with E-state index in [4.69, 9.17) is 16.7 Å². The number of guanidine groups is 1. The summed E-state index contributed by atoms with van der Waals surface area (Å²) < 4.78 is 0. The zero-order valence-electron chi connectivity index (χ0n) is 17.8. The van der Waals surface area contributed by atoms with Crippen molar-refractivity contribution in [3.8, 4) is 12.3 Å². The van der Waals surface area contributed by atoms with E-state index in [0.717, 1.165) is 25.2 Å². The highest BCUT2D eigenvalue weighted by molar-refractivity contribution is 5.98. The summed E-state index contributed by atoms with van der Waals surface area (Å²) in [6, 6.07) is 9.63. The van der Waals surface area contributed by atoms with Gasteiger partial charge in [-0.25, -0.2) is 9.98 Å². The number of fused-ring (bicyclic) bond motifs is 1. The van der Waals surface area contributed by atoms with Gasteiger partial charge in [0.15, 0.2) is 6.19 Å². The third kappa shape index (κ3) is 4.68. The molecule has 31 heavy (non-hydrogen) atoms. The van der Waals surface area contributed by atoms with E-state index in [2.05, 4.69) is 51.5 Å². The Kier molecular flexibility index (Phi) is 6.91. The van der Waals surface area contributed by atoms with E-state index in [9.17, 15) is 5.26 Å². The third-order valence-electron chi connectivity index (χ3n) is 5.33. The van der Waals surface area contributed by atoms with Crippen LogP contribution in [0.15, 0.2) is 29.3 Å². The predicted molar refractivity (Wildman–Crippen MR) is 122 cm³/mol. The van der Waals surface area contributed by atoms with Gasteiger partial charge in [-0.05, 0) is 30.6 Å². The molecule has 0 radical (unpaired) electrons. The first-order valence-electron chi connectivity index (χ1n) is 10.3. The van der Waals surface area contributed by atoms with Crippen LogP contribution in [-0.2, 0) is 6.54 Å². The average Bonchev–Trinajstić information content (AvgIpc) is 2.77. The van der Waals surface area contributed by atoms with Crippen LogP contribution < -0.4 is 22.1 Å². The van der Waals surface area contributed by atoms with Crippen molar-refractivity contribution in [1.82, 2.24) is 15.2 Å². The van der Waals surface area contributed by atoms with Gasteiger partial charge in [0.05, 0.1) is 5.69 Å². The van der Waals surface area contributed by atoms with Crippen LogP contribution in [0.4, 0.5) is 17.3 Å². The smallest absolute Gasteiger partial charge is 0.211 e. The summed E-state index contributed by atoms with van der Waals surface area (Å²) in [5.41, 5.74) is 15.2. The maximum Gasteiger partial charge on any atom is 0.211 e. The molecule has 1 unspecified atom stereocenters. The van der Waals surface area contributed by atoms with Crippen molar-refractivity contribution in [2.24, 2.45) is 4.99 Å². The molecule has 3 rings (SSSR count). The largest absolute Gasteiger partial charge is 0.397 e. The second kappa shape index (κ2) is 9.79. The summed E-state index contributed by atoms with van der Waals surface area (Å²) >= 11 is 0. The van der Waals surface area contributed by atoms with Crippen molar-refractivity contribution < 1.29 is 0 Å². The van der Waals surface area contributed by atoms with Gasteiger partial charge in [-0.2, -0.15) is 10.5 Å². The van der Waals surface area contributed by atoms with E-state index >= 15 is 0 Å². The first-order chi connectivity index (χ1) is 15.0. The maximum atomic E-state index is 9.43. The highest BCUT2D eigenvalue weighted by Gasteiger charge is 2.29. The van der Waals surface area contributed by atoms with Crippen molar-refractivity contribution in [2.45, 2.75) is 39.3 Å². The minimum Gasteiger partial charge on any atom is -0.397 e. The lowest BCUT2D eigenvalue weighted by Gasteiger charge is -2.26. The molecule has 9 heteroatoms. The van der Waals surface area contributed by atoms with Gasteiger partial charge in [-0.3, -0.25) is 10.2 Å². The van der Waals surface area contributed by atoms with Gasteiger partial charge in [-0.15, -0.1) is 0 Å². The van der Waals surface area contributed by atoms with Crippen LogP contribution in [0.3, 0.4) is 0 Å². The minimum atomic E-state index is -0.524. The van der Waals surface area contributed by atoms with Gasteiger partial charge >= 0.3 is 0 Å². The van der Waals surface area contributed by atoms with Crippen LogP contribution in [-0.4, -0.2) is 28.9 Å². The molecule has 1 aliphatic heterocycles. The number of nitrogen functional groups attached to an aromatic ring is 2. The van der Waals surface area contributed by atoms with Gasteiger partial charge in [-0.1, -0.05) is 44.5 Å². The Labute approximate surface area is 182 Å². The van der Waals surface area contributed by atoms with Gasteiger partial charge in [0.25, 0.3) is 0 Å². The number of benzene rings is 1. The number of hydrogen-bond donors (Lipinski definition) is 4. The van der Waals surface area contributed by atoms with Gasteiger partial charge < -0.3 is 16.8 Å². The first kappa shape index (κ1) is 21.9. The number of rotatable bonds is 7. The summed E-state index contributed by atoms with van der Waals surface area (Å²) in [5.74, 6) is 0.662. The number of anilines is 3. The predicted octanol–water partition coefficient (Wildman–Crippen LogP) is 2.68. The molecule has 6 N–H and O–H groups in total. The second-order valence-corrected chi connectivity index (χ2v) is 7.37. The highest BCUT2D eigenvalue weighted by Crippen LogP contribution is 2.40. The number of nitrogens with zero attached hydrogens (tertiary/aromatic N) is 5. The van der Waals surface area contributed by atoms with E-state index in [0.29, 0.717) is 11.4 Å². The van der Waals surface area contributed by atoms with Crippen molar-refractivity contribution in [2.75, 3.05) is 29.9 Å². The number of pyridine rings is 1. The van der Waals surface area contributed by atoms with E-state index in [1.807, 2.05) is 24.4 Å². The molecule has 1 aromatic carbocycles. The number of hydrogen-bond acceptors (Lipinski definition) is 9. The number of aromatic nitrogens is 1. The fraction of sp³-hybridized carbons (Fsp3) is 0.364. The fourth-order valence-electron chi connectivity index (χ4n) is 3.62. The van der Waals surface area contributed by atoms with Crippen LogP contribution in [0.5, 0.6) is 0 Å². The normalized spacial score (nSPS) is 14.7. The molecular weight excluding hydrogens is 390 g/mol. The summed E-state index contributed by atoms with van der Waals surface area (Å²) in [6.45, 7) is 7.31. The molecule has 0 bridgehead atoms.